The van der Waals surface area contributed by atoms with E-state index in [2.05, 4.69) is 14.3 Å². The van der Waals surface area contributed by atoms with Gasteiger partial charge in [0.05, 0.1) is 7.11 Å². The number of aryl methyl sites for hydroxylation is 2. The van der Waals surface area contributed by atoms with E-state index in [-0.39, 0.29) is 5.97 Å². The van der Waals surface area contributed by atoms with E-state index in [0.29, 0.717) is 6.42 Å². The second-order valence-corrected chi connectivity index (χ2v) is 4.26. The highest BCUT2D eigenvalue weighted by Gasteiger charge is 1.99. The average molecular weight is 238 g/mol. The monoisotopic (exact) mass is 238 g/mol. The Labute approximate surface area is 103 Å². The average Bonchev–Trinajstić information content (AvgIpc) is 2.73. The molecule has 1 aromatic heterocycles. The van der Waals surface area contributed by atoms with E-state index in [1.807, 2.05) is 19.3 Å². The zero-order chi connectivity index (χ0) is 12.5. The summed E-state index contributed by atoms with van der Waals surface area (Å²) in [4.78, 5) is 15.0. The van der Waals surface area contributed by atoms with Crippen molar-refractivity contribution in [3.63, 3.8) is 0 Å². The molecule has 0 N–H and O–H groups in total. The Morgan fingerprint density at radius 1 is 1.29 bits per heavy atom. The first-order valence-corrected chi connectivity index (χ1v) is 6.28. The molecule has 0 amide bonds. The summed E-state index contributed by atoms with van der Waals surface area (Å²) >= 11 is 0. The minimum Gasteiger partial charge on any atom is -0.469 e. The van der Waals surface area contributed by atoms with Gasteiger partial charge in [0.2, 0.25) is 0 Å². The topological polar surface area (TPSA) is 44.1 Å². The van der Waals surface area contributed by atoms with E-state index in [9.17, 15) is 4.79 Å². The number of ether oxygens (including phenoxy) is 1. The Bertz CT molecular complexity index is 334. The molecule has 17 heavy (non-hydrogen) atoms. The van der Waals surface area contributed by atoms with Crippen LogP contribution >= 0.6 is 0 Å². The first kappa shape index (κ1) is 13.7. The molecule has 0 spiro atoms. The summed E-state index contributed by atoms with van der Waals surface area (Å²) in [5, 5.41) is 0. The predicted molar refractivity (Wildman–Crippen MR) is 66.7 cm³/mol. The van der Waals surface area contributed by atoms with Crippen LogP contribution in [0.15, 0.2) is 12.4 Å². The fraction of sp³-hybridized carbons (Fsp3) is 0.692. The van der Waals surface area contributed by atoms with Gasteiger partial charge in [0.15, 0.2) is 0 Å². The summed E-state index contributed by atoms with van der Waals surface area (Å²) in [5.74, 6) is 0.981. The molecule has 0 atom stereocenters. The number of rotatable bonds is 8. The van der Waals surface area contributed by atoms with Gasteiger partial charge in [0, 0.05) is 25.4 Å². The molecule has 0 aromatic carbocycles. The molecule has 0 aliphatic heterocycles. The van der Waals surface area contributed by atoms with Gasteiger partial charge in [-0.2, -0.15) is 0 Å². The summed E-state index contributed by atoms with van der Waals surface area (Å²) < 4.78 is 6.77. The van der Waals surface area contributed by atoms with Gasteiger partial charge in [-0.15, -0.1) is 0 Å². The third-order valence-corrected chi connectivity index (χ3v) is 2.93. The highest BCUT2D eigenvalue weighted by Crippen LogP contribution is 2.07. The lowest BCUT2D eigenvalue weighted by molar-refractivity contribution is -0.140. The Morgan fingerprint density at radius 3 is 2.65 bits per heavy atom. The SMILES string of the molecule is COC(=O)CCCCCCCn1ccnc1C. The van der Waals surface area contributed by atoms with Gasteiger partial charge in [-0.1, -0.05) is 19.3 Å². The van der Waals surface area contributed by atoms with Crippen LogP contribution in [-0.2, 0) is 16.1 Å². The molecule has 4 nitrogen and oxygen atoms in total. The maximum Gasteiger partial charge on any atom is 0.305 e. The van der Waals surface area contributed by atoms with Gasteiger partial charge in [-0.3, -0.25) is 4.79 Å². The summed E-state index contributed by atoms with van der Waals surface area (Å²) in [5.41, 5.74) is 0. The van der Waals surface area contributed by atoms with Crippen molar-refractivity contribution in [3.05, 3.63) is 18.2 Å². The molecule has 1 rings (SSSR count). The molecule has 1 aromatic rings. The van der Waals surface area contributed by atoms with Crippen molar-refractivity contribution < 1.29 is 9.53 Å². The zero-order valence-electron chi connectivity index (χ0n) is 10.8. The molecular formula is C13H22N2O2. The number of aromatic nitrogens is 2. The number of hydrogen-bond donors (Lipinski definition) is 0. The molecule has 0 bridgehead atoms. The summed E-state index contributed by atoms with van der Waals surface area (Å²) in [6.07, 6.45) is 10.0. The van der Waals surface area contributed by atoms with E-state index in [4.69, 9.17) is 0 Å². The predicted octanol–water partition coefficient (Wildman–Crippen LogP) is 2.71. The molecule has 0 saturated heterocycles. The number of carbonyl (C=O) groups is 1. The van der Waals surface area contributed by atoms with Crippen LogP contribution in [-0.4, -0.2) is 22.6 Å². The van der Waals surface area contributed by atoms with Crippen molar-refractivity contribution in [2.24, 2.45) is 0 Å². The lowest BCUT2D eigenvalue weighted by atomic mass is 10.1. The van der Waals surface area contributed by atoms with Crippen LogP contribution in [0.1, 0.15) is 44.3 Å². The van der Waals surface area contributed by atoms with Crippen LogP contribution in [0.2, 0.25) is 0 Å². The second-order valence-electron chi connectivity index (χ2n) is 4.26. The molecule has 0 fully saturated rings. The Kier molecular flexibility index (Phi) is 6.37. The maximum atomic E-state index is 10.9. The van der Waals surface area contributed by atoms with Crippen molar-refractivity contribution in [2.45, 2.75) is 52.0 Å². The molecule has 0 aliphatic rings. The Balaban J connectivity index is 1.95. The molecule has 96 valence electrons. The third kappa shape index (κ3) is 5.52. The highest BCUT2D eigenvalue weighted by atomic mass is 16.5. The number of methoxy groups -OCH3 is 1. The number of esters is 1. The van der Waals surface area contributed by atoms with Crippen LogP contribution in [0, 0.1) is 6.92 Å². The number of nitrogens with zero attached hydrogens (tertiary/aromatic N) is 2. The number of unbranched alkanes of at least 4 members (excludes halogenated alkanes) is 4. The third-order valence-electron chi connectivity index (χ3n) is 2.93. The fourth-order valence-corrected chi connectivity index (χ4v) is 1.82. The van der Waals surface area contributed by atoms with Gasteiger partial charge >= 0.3 is 5.97 Å². The standard InChI is InChI=1S/C13H22N2O2/c1-12-14-9-11-15(12)10-7-5-3-4-6-8-13(16)17-2/h9,11H,3-8,10H2,1-2H3. The van der Waals surface area contributed by atoms with E-state index in [0.717, 1.165) is 25.2 Å². The van der Waals surface area contributed by atoms with Gasteiger partial charge < -0.3 is 9.30 Å². The molecule has 0 saturated carbocycles. The van der Waals surface area contributed by atoms with Crippen molar-refractivity contribution in [1.29, 1.82) is 0 Å². The van der Waals surface area contributed by atoms with Crippen LogP contribution in [0.4, 0.5) is 0 Å². The first-order valence-electron chi connectivity index (χ1n) is 6.28. The van der Waals surface area contributed by atoms with Crippen LogP contribution in [0.25, 0.3) is 0 Å². The Hall–Kier alpha value is -1.32. The lowest BCUT2D eigenvalue weighted by Gasteiger charge is -2.04. The van der Waals surface area contributed by atoms with Crippen molar-refractivity contribution in [2.75, 3.05) is 7.11 Å². The molecule has 1 heterocycles. The van der Waals surface area contributed by atoms with E-state index in [1.165, 1.54) is 26.4 Å². The van der Waals surface area contributed by atoms with Crippen LogP contribution in [0.5, 0.6) is 0 Å². The normalized spacial score (nSPS) is 10.5. The molecular weight excluding hydrogens is 216 g/mol. The summed E-state index contributed by atoms with van der Waals surface area (Å²) in [7, 11) is 1.44. The van der Waals surface area contributed by atoms with E-state index in [1.54, 1.807) is 0 Å². The minimum absolute atomic E-state index is 0.0981. The van der Waals surface area contributed by atoms with E-state index < -0.39 is 0 Å². The second kappa shape index (κ2) is 7.87. The largest absolute Gasteiger partial charge is 0.469 e. The Morgan fingerprint density at radius 2 is 2.00 bits per heavy atom. The lowest BCUT2D eigenvalue weighted by Crippen LogP contribution is -2.00. The van der Waals surface area contributed by atoms with Gasteiger partial charge in [-0.05, 0) is 19.8 Å². The van der Waals surface area contributed by atoms with Crippen LogP contribution in [0.3, 0.4) is 0 Å². The molecule has 0 radical (unpaired) electrons. The zero-order valence-corrected chi connectivity index (χ0v) is 10.8. The number of hydrogen-bond acceptors (Lipinski definition) is 3. The highest BCUT2D eigenvalue weighted by molar-refractivity contribution is 5.68. The van der Waals surface area contributed by atoms with Gasteiger partial charge in [-0.25, -0.2) is 4.98 Å². The van der Waals surface area contributed by atoms with Crippen molar-refractivity contribution in [1.82, 2.24) is 9.55 Å². The summed E-state index contributed by atoms with van der Waals surface area (Å²) in [6.45, 7) is 3.07. The summed E-state index contributed by atoms with van der Waals surface area (Å²) in [6, 6.07) is 0. The van der Waals surface area contributed by atoms with Gasteiger partial charge in [0.25, 0.3) is 0 Å². The molecule has 4 heteroatoms. The number of imidazole rings is 1. The fourth-order valence-electron chi connectivity index (χ4n) is 1.82. The molecule has 0 unspecified atom stereocenters. The maximum absolute atomic E-state index is 10.9. The molecule has 0 aliphatic carbocycles. The first-order chi connectivity index (χ1) is 8.24. The van der Waals surface area contributed by atoms with Gasteiger partial charge in [0.1, 0.15) is 5.82 Å². The van der Waals surface area contributed by atoms with Crippen molar-refractivity contribution in [3.8, 4) is 0 Å². The van der Waals surface area contributed by atoms with E-state index >= 15 is 0 Å². The smallest absolute Gasteiger partial charge is 0.305 e. The number of carbonyl (C=O) groups excluding carboxylic acids is 1. The minimum atomic E-state index is -0.0981. The van der Waals surface area contributed by atoms with Crippen molar-refractivity contribution >= 4 is 5.97 Å². The quantitative estimate of drug-likeness (QED) is 0.516. The van der Waals surface area contributed by atoms with Crippen LogP contribution < -0.4 is 0 Å².